The zero-order chi connectivity index (χ0) is 19.2. The van der Waals surface area contributed by atoms with Crippen LogP contribution in [0.4, 0.5) is 10.5 Å². The maximum atomic E-state index is 12.4. The maximum Gasteiger partial charge on any atom is 0.319 e. The predicted octanol–water partition coefficient (Wildman–Crippen LogP) is 2.53. The first-order valence-corrected chi connectivity index (χ1v) is 8.85. The quantitative estimate of drug-likeness (QED) is 0.701. The molecule has 8 nitrogen and oxygen atoms in total. The Bertz CT molecular complexity index is 948. The number of urea groups is 1. The molecule has 0 unspecified atom stereocenters. The highest BCUT2D eigenvalue weighted by Gasteiger charge is 2.13. The summed E-state index contributed by atoms with van der Waals surface area (Å²) in [7, 11) is 0. The number of carbonyl (C=O) groups is 2. The van der Waals surface area contributed by atoms with E-state index < -0.39 is 0 Å². The van der Waals surface area contributed by atoms with E-state index in [1.807, 2.05) is 42.6 Å². The van der Waals surface area contributed by atoms with Crippen LogP contribution in [0.15, 0.2) is 48.7 Å². The third-order valence-corrected chi connectivity index (χ3v) is 4.21. The van der Waals surface area contributed by atoms with E-state index in [1.54, 1.807) is 29.2 Å². The highest BCUT2D eigenvalue weighted by molar-refractivity contribution is 5.96. The number of benzene rings is 1. The lowest BCUT2D eigenvalue weighted by Crippen LogP contribution is -2.31. The van der Waals surface area contributed by atoms with E-state index >= 15 is 0 Å². The van der Waals surface area contributed by atoms with Crippen molar-refractivity contribution < 1.29 is 9.59 Å². The molecule has 0 aliphatic heterocycles. The molecular weight excluding hydrogens is 344 g/mol. The van der Waals surface area contributed by atoms with Crippen molar-refractivity contribution in [3.8, 4) is 0 Å². The number of rotatable bonds is 6. The number of hydrogen-bond donors (Lipinski definition) is 2. The number of nitrogens with one attached hydrogen (secondary N) is 2. The third-order valence-electron chi connectivity index (χ3n) is 4.21. The Balaban J connectivity index is 1.62. The molecule has 1 aromatic carbocycles. The Morgan fingerprint density at radius 3 is 2.67 bits per heavy atom. The Morgan fingerprint density at radius 2 is 1.89 bits per heavy atom. The summed E-state index contributed by atoms with van der Waals surface area (Å²) in [6.07, 6.45) is 1.84. The highest BCUT2D eigenvalue weighted by atomic mass is 16.2. The highest BCUT2D eigenvalue weighted by Crippen LogP contribution is 2.13. The van der Waals surface area contributed by atoms with Gasteiger partial charge in [0.05, 0.1) is 6.54 Å². The van der Waals surface area contributed by atoms with Crippen LogP contribution in [0.5, 0.6) is 0 Å². The van der Waals surface area contributed by atoms with Crippen LogP contribution in [0.1, 0.15) is 30.0 Å². The average molecular weight is 366 g/mol. The fourth-order valence-corrected chi connectivity index (χ4v) is 2.77. The van der Waals surface area contributed by atoms with Crippen molar-refractivity contribution in [1.29, 1.82) is 0 Å². The first kappa shape index (κ1) is 18.4. The van der Waals surface area contributed by atoms with Gasteiger partial charge in [-0.15, -0.1) is 10.2 Å². The van der Waals surface area contributed by atoms with E-state index in [4.69, 9.17) is 0 Å². The molecule has 0 spiro atoms. The van der Waals surface area contributed by atoms with Crippen molar-refractivity contribution in [3.63, 3.8) is 0 Å². The summed E-state index contributed by atoms with van der Waals surface area (Å²) in [6, 6.07) is 12.1. The van der Waals surface area contributed by atoms with Gasteiger partial charge < -0.3 is 15.5 Å². The molecule has 8 heteroatoms. The topological polar surface area (TPSA) is 91.6 Å². The van der Waals surface area contributed by atoms with Crippen molar-refractivity contribution >= 4 is 23.3 Å². The maximum absolute atomic E-state index is 12.4. The summed E-state index contributed by atoms with van der Waals surface area (Å²) in [4.78, 5) is 26.4. The Morgan fingerprint density at radius 1 is 1.07 bits per heavy atom. The van der Waals surface area contributed by atoms with Gasteiger partial charge >= 0.3 is 6.03 Å². The molecule has 0 aliphatic rings. The number of fused-ring (bicyclic) bond motifs is 1. The summed E-state index contributed by atoms with van der Waals surface area (Å²) in [5.74, 6) is 0.574. The Hall–Kier alpha value is -3.42. The van der Waals surface area contributed by atoms with E-state index in [2.05, 4.69) is 20.8 Å². The second-order valence-electron chi connectivity index (χ2n) is 5.91. The van der Waals surface area contributed by atoms with Gasteiger partial charge in [-0.1, -0.05) is 12.1 Å². The zero-order valence-corrected chi connectivity index (χ0v) is 15.3. The second-order valence-corrected chi connectivity index (χ2v) is 5.91. The molecule has 0 bridgehead atoms. The minimum Gasteiger partial charge on any atom is -0.339 e. The third kappa shape index (κ3) is 4.22. The molecule has 140 valence electrons. The SMILES string of the molecule is CCN(CC)C(=O)c1cccc(NC(=O)NCc2nnc3ccccn23)c1. The lowest BCUT2D eigenvalue weighted by molar-refractivity contribution is 0.0773. The van der Waals surface area contributed by atoms with Crippen LogP contribution < -0.4 is 10.6 Å². The van der Waals surface area contributed by atoms with Crippen molar-refractivity contribution in [2.45, 2.75) is 20.4 Å². The van der Waals surface area contributed by atoms with Gasteiger partial charge in [0.25, 0.3) is 5.91 Å². The number of anilines is 1. The van der Waals surface area contributed by atoms with Gasteiger partial charge in [0.15, 0.2) is 11.5 Å². The first-order chi connectivity index (χ1) is 13.1. The van der Waals surface area contributed by atoms with Gasteiger partial charge in [-0.3, -0.25) is 9.20 Å². The van der Waals surface area contributed by atoms with E-state index in [-0.39, 0.29) is 18.5 Å². The molecule has 2 heterocycles. The van der Waals surface area contributed by atoms with E-state index in [0.717, 1.165) is 5.65 Å². The molecule has 3 rings (SSSR count). The van der Waals surface area contributed by atoms with Crippen LogP contribution in [0, 0.1) is 0 Å². The minimum atomic E-state index is -0.380. The van der Waals surface area contributed by atoms with Crippen molar-refractivity contribution in [1.82, 2.24) is 24.8 Å². The van der Waals surface area contributed by atoms with Gasteiger partial charge in [-0.25, -0.2) is 4.79 Å². The van der Waals surface area contributed by atoms with Crippen molar-refractivity contribution in [3.05, 3.63) is 60.0 Å². The summed E-state index contributed by atoms with van der Waals surface area (Å²) < 4.78 is 1.81. The summed E-state index contributed by atoms with van der Waals surface area (Å²) >= 11 is 0. The molecule has 2 aromatic heterocycles. The number of pyridine rings is 1. The summed E-state index contributed by atoms with van der Waals surface area (Å²) in [5.41, 5.74) is 1.81. The molecule has 0 saturated carbocycles. The van der Waals surface area contributed by atoms with E-state index in [1.165, 1.54) is 0 Å². The zero-order valence-electron chi connectivity index (χ0n) is 15.3. The smallest absolute Gasteiger partial charge is 0.319 e. The normalized spacial score (nSPS) is 10.6. The number of aromatic nitrogens is 3. The van der Waals surface area contributed by atoms with Gasteiger partial charge in [-0.05, 0) is 44.2 Å². The fraction of sp³-hybridized carbons (Fsp3) is 0.263. The predicted molar refractivity (Wildman–Crippen MR) is 103 cm³/mol. The largest absolute Gasteiger partial charge is 0.339 e. The fourth-order valence-electron chi connectivity index (χ4n) is 2.77. The molecular formula is C19H22N6O2. The first-order valence-electron chi connectivity index (χ1n) is 8.85. The van der Waals surface area contributed by atoms with Gasteiger partial charge in [-0.2, -0.15) is 0 Å². The summed E-state index contributed by atoms with van der Waals surface area (Å²) in [6.45, 7) is 5.38. The number of amides is 3. The number of carbonyl (C=O) groups excluding carboxylic acids is 2. The lowest BCUT2D eigenvalue weighted by atomic mass is 10.1. The monoisotopic (exact) mass is 366 g/mol. The molecule has 2 N–H and O–H groups in total. The number of nitrogens with zero attached hydrogens (tertiary/aromatic N) is 4. The van der Waals surface area contributed by atoms with Gasteiger partial charge in [0, 0.05) is 30.5 Å². The second kappa shape index (κ2) is 8.31. The van der Waals surface area contributed by atoms with Crippen molar-refractivity contribution in [2.75, 3.05) is 18.4 Å². The molecule has 0 aliphatic carbocycles. The number of hydrogen-bond acceptors (Lipinski definition) is 4. The molecule has 3 aromatic rings. The average Bonchev–Trinajstić information content (AvgIpc) is 3.10. The molecule has 27 heavy (non-hydrogen) atoms. The van der Waals surface area contributed by atoms with Gasteiger partial charge in [0.1, 0.15) is 0 Å². The minimum absolute atomic E-state index is 0.0565. The molecule has 3 amide bonds. The van der Waals surface area contributed by atoms with Crippen LogP contribution in [0.2, 0.25) is 0 Å². The molecule has 0 atom stereocenters. The Labute approximate surface area is 157 Å². The Kier molecular flexibility index (Phi) is 5.65. The summed E-state index contributed by atoms with van der Waals surface area (Å²) in [5, 5.41) is 13.6. The molecule has 0 saturated heterocycles. The van der Waals surface area contributed by atoms with Crippen LogP contribution in [0.3, 0.4) is 0 Å². The van der Waals surface area contributed by atoms with Crippen LogP contribution in [0.25, 0.3) is 5.65 Å². The standard InChI is InChI=1S/C19H22N6O2/c1-3-24(4-2)18(26)14-8-7-9-15(12-14)21-19(27)20-13-17-23-22-16-10-5-6-11-25(16)17/h5-12H,3-4,13H2,1-2H3,(H2,20,21,27). The van der Waals surface area contributed by atoms with Gasteiger partial charge in [0.2, 0.25) is 0 Å². The van der Waals surface area contributed by atoms with Crippen LogP contribution >= 0.6 is 0 Å². The van der Waals surface area contributed by atoms with E-state index in [9.17, 15) is 9.59 Å². The van der Waals surface area contributed by atoms with Crippen LogP contribution in [-0.2, 0) is 6.54 Å². The van der Waals surface area contributed by atoms with Crippen LogP contribution in [-0.4, -0.2) is 44.5 Å². The van der Waals surface area contributed by atoms with E-state index in [0.29, 0.717) is 30.2 Å². The van der Waals surface area contributed by atoms with Crippen molar-refractivity contribution in [2.24, 2.45) is 0 Å². The molecule has 0 radical (unpaired) electrons. The molecule has 0 fully saturated rings. The lowest BCUT2D eigenvalue weighted by Gasteiger charge is -2.19.